The molecule has 1 aliphatic heterocycles. The molecule has 7 nitrogen and oxygen atoms in total. The molecule has 0 saturated heterocycles. The van der Waals surface area contributed by atoms with Crippen molar-refractivity contribution in [2.75, 3.05) is 13.1 Å². The van der Waals surface area contributed by atoms with E-state index < -0.39 is 0 Å². The van der Waals surface area contributed by atoms with Gasteiger partial charge in [0.15, 0.2) is 11.8 Å². The third-order valence-corrected chi connectivity index (χ3v) is 5.00. The number of aryl methyl sites for hydroxylation is 2. The maximum atomic E-state index is 6.05. The van der Waals surface area contributed by atoms with Crippen molar-refractivity contribution in [1.82, 2.24) is 25.4 Å². The number of ether oxygens (including phenoxy) is 1. The van der Waals surface area contributed by atoms with Crippen LogP contribution in [0, 0.1) is 6.92 Å². The normalized spacial score (nSPS) is 17.1. The number of hydrogen-bond acceptors (Lipinski definition) is 4. The predicted molar refractivity (Wildman–Crippen MR) is 132 cm³/mol. The minimum Gasteiger partial charge on any atom is -0.489 e. The zero-order chi connectivity index (χ0) is 20.8. The van der Waals surface area contributed by atoms with E-state index in [1.807, 2.05) is 22.9 Å². The molecule has 1 aromatic carbocycles. The Bertz CT molecular complexity index is 835. The summed E-state index contributed by atoms with van der Waals surface area (Å²) in [6.07, 6.45) is 1.95. The van der Waals surface area contributed by atoms with Gasteiger partial charge in [0, 0.05) is 24.9 Å². The Morgan fingerprint density at radius 1 is 1.30 bits per heavy atom. The first-order chi connectivity index (χ1) is 14.0. The van der Waals surface area contributed by atoms with E-state index in [1.54, 1.807) is 0 Å². The number of rotatable bonds is 7. The first-order valence-electron chi connectivity index (χ1n) is 10.7. The molecule has 0 amide bonds. The smallest absolute Gasteiger partial charge is 0.191 e. The van der Waals surface area contributed by atoms with Gasteiger partial charge >= 0.3 is 0 Å². The average Bonchev–Trinajstić information content (AvgIpc) is 3.12. The minimum absolute atomic E-state index is 0. The third kappa shape index (κ3) is 6.58. The van der Waals surface area contributed by atoms with Crippen molar-refractivity contribution in [3.8, 4) is 5.75 Å². The molecule has 0 spiro atoms. The van der Waals surface area contributed by atoms with Gasteiger partial charge in [-0.25, -0.2) is 14.7 Å². The quantitative estimate of drug-likeness (QED) is 0.327. The maximum absolute atomic E-state index is 6.05. The van der Waals surface area contributed by atoms with Crippen LogP contribution < -0.4 is 15.4 Å². The van der Waals surface area contributed by atoms with E-state index in [1.165, 1.54) is 0 Å². The lowest BCUT2D eigenvalue weighted by molar-refractivity contribution is 0.228. The van der Waals surface area contributed by atoms with Gasteiger partial charge in [-0.1, -0.05) is 32.0 Å². The van der Waals surface area contributed by atoms with Crippen molar-refractivity contribution in [2.45, 2.75) is 72.1 Å². The van der Waals surface area contributed by atoms with Gasteiger partial charge in [-0.3, -0.25) is 0 Å². The summed E-state index contributed by atoms with van der Waals surface area (Å²) in [7, 11) is 0. The van der Waals surface area contributed by atoms with Crippen LogP contribution in [-0.2, 0) is 13.0 Å². The summed E-state index contributed by atoms with van der Waals surface area (Å²) in [5.74, 6) is 4.12. The molecule has 1 aliphatic rings. The fraction of sp³-hybridized carbons (Fsp3) is 0.591. The molecule has 30 heavy (non-hydrogen) atoms. The average molecular weight is 526 g/mol. The Kier molecular flexibility index (Phi) is 9.38. The van der Waals surface area contributed by atoms with Crippen LogP contribution in [0.2, 0.25) is 0 Å². The standard InChI is InChI=1S/C22H34N6O.HI/c1-6-23-22(24-13-17(5)29-19-10-8-7-9-16(19)4)25-18-11-12-20-26-21(15(2)3)27-28(20)14-18;/h7-10,15,17-18H,6,11-14H2,1-5H3,(H2,23,24,25);1H. The van der Waals surface area contributed by atoms with Crippen molar-refractivity contribution in [3.63, 3.8) is 0 Å². The first-order valence-corrected chi connectivity index (χ1v) is 10.7. The fourth-order valence-electron chi connectivity index (χ4n) is 3.37. The second kappa shape index (κ2) is 11.5. The molecule has 166 valence electrons. The van der Waals surface area contributed by atoms with E-state index in [2.05, 4.69) is 61.4 Å². The number of fused-ring (bicyclic) bond motifs is 1. The summed E-state index contributed by atoms with van der Waals surface area (Å²) in [6.45, 7) is 12.7. The van der Waals surface area contributed by atoms with E-state index in [9.17, 15) is 0 Å². The van der Waals surface area contributed by atoms with Gasteiger partial charge in [-0.05, 0) is 38.8 Å². The van der Waals surface area contributed by atoms with Crippen LogP contribution in [0.3, 0.4) is 0 Å². The Balaban J connectivity index is 0.00000320. The molecule has 2 atom stereocenters. The minimum atomic E-state index is -0.00608. The van der Waals surface area contributed by atoms with Crippen LogP contribution in [0.25, 0.3) is 0 Å². The van der Waals surface area contributed by atoms with Gasteiger partial charge in [0.05, 0.1) is 13.1 Å². The number of guanidine groups is 1. The number of nitrogens with one attached hydrogen (secondary N) is 2. The highest BCUT2D eigenvalue weighted by Gasteiger charge is 2.23. The number of halogens is 1. The largest absolute Gasteiger partial charge is 0.489 e. The van der Waals surface area contributed by atoms with Crippen molar-refractivity contribution in [1.29, 1.82) is 0 Å². The highest BCUT2D eigenvalue weighted by Crippen LogP contribution is 2.18. The Hall–Kier alpha value is -1.84. The second-order valence-corrected chi connectivity index (χ2v) is 8.02. The van der Waals surface area contributed by atoms with Crippen LogP contribution in [-0.4, -0.2) is 46.0 Å². The van der Waals surface area contributed by atoms with Crippen molar-refractivity contribution >= 4 is 29.9 Å². The highest BCUT2D eigenvalue weighted by molar-refractivity contribution is 14.0. The summed E-state index contributed by atoms with van der Waals surface area (Å²) in [4.78, 5) is 9.42. The molecule has 0 fully saturated rings. The van der Waals surface area contributed by atoms with E-state index >= 15 is 0 Å². The van der Waals surface area contributed by atoms with Gasteiger partial charge in [0.25, 0.3) is 0 Å². The third-order valence-electron chi connectivity index (χ3n) is 5.00. The number of aliphatic imine (C=N–C) groups is 1. The van der Waals surface area contributed by atoms with E-state index in [0.717, 1.165) is 54.9 Å². The summed E-state index contributed by atoms with van der Waals surface area (Å²) in [6, 6.07) is 8.36. The number of aromatic nitrogens is 3. The number of hydrogen-bond donors (Lipinski definition) is 2. The number of para-hydroxylation sites is 1. The van der Waals surface area contributed by atoms with Gasteiger partial charge in [0.1, 0.15) is 17.7 Å². The molecule has 0 aliphatic carbocycles. The summed E-state index contributed by atoms with van der Waals surface area (Å²) in [5, 5.41) is 11.6. The van der Waals surface area contributed by atoms with Gasteiger partial charge < -0.3 is 15.4 Å². The van der Waals surface area contributed by atoms with Gasteiger partial charge in [-0.15, -0.1) is 24.0 Å². The monoisotopic (exact) mass is 526 g/mol. The molecular weight excluding hydrogens is 491 g/mol. The molecular formula is C22H35IN6O. The molecule has 0 saturated carbocycles. The first kappa shape index (κ1) is 24.4. The van der Waals surface area contributed by atoms with Gasteiger partial charge in [-0.2, -0.15) is 5.10 Å². The Morgan fingerprint density at radius 2 is 2.07 bits per heavy atom. The number of nitrogens with zero attached hydrogens (tertiary/aromatic N) is 4. The lowest BCUT2D eigenvalue weighted by Gasteiger charge is -2.25. The van der Waals surface area contributed by atoms with E-state index in [4.69, 9.17) is 9.73 Å². The molecule has 8 heteroatoms. The van der Waals surface area contributed by atoms with Crippen molar-refractivity contribution in [2.24, 2.45) is 4.99 Å². The molecule has 2 aromatic rings. The molecule has 1 aromatic heterocycles. The lowest BCUT2D eigenvalue weighted by Crippen LogP contribution is -2.47. The zero-order valence-electron chi connectivity index (χ0n) is 18.7. The van der Waals surface area contributed by atoms with E-state index in [-0.39, 0.29) is 36.1 Å². The predicted octanol–water partition coefficient (Wildman–Crippen LogP) is 3.67. The van der Waals surface area contributed by atoms with Crippen molar-refractivity contribution in [3.05, 3.63) is 41.5 Å². The van der Waals surface area contributed by atoms with Crippen LogP contribution in [0.5, 0.6) is 5.75 Å². The SMILES string of the molecule is CCNC(=NCC(C)Oc1ccccc1C)NC1CCc2nc(C(C)C)nn2C1.I. The Labute approximate surface area is 197 Å². The van der Waals surface area contributed by atoms with Crippen LogP contribution >= 0.6 is 24.0 Å². The van der Waals surface area contributed by atoms with Crippen LogP contribution in [0.15, 0.2) is 29.3 Å². The second-order valence-electron chi connectivity index (χ2n) is 8.02. The van der Waals surface area contributed by atoms with Crippen LogP contribution in [0.1, 0.15) is 57.2 Å². The molecule has 0 radical (unpaired) electrons. The maximum Gasteiger partial charge on any atom is 0.191 e. The highest BCUT2D eigenvalue weighted by atomic mass is 127. The zero-order valence-corrected chi connectivity index (χ0v) is 21.0. The summed E-state index contributed by atoms with van der Waals surface area (Å²) >= 11 is 0. The fourth-order valence-corrected chi connectivity index (χ4v) is 3.37. The topological polar surface area (TPSA) is 76.4 Å². The molecule has 3 rings (SSSR count). The molecule has 2 unspecified atom stereocenters. The summed E-state index contributed by atoms with van der Waals surface area (Å²) in [5.41, 5.74) is 1.14. The summed E-state index contributed by atoms with van der Waals surface area (Å²) < 4.78 is 8.10. The molecule has 2 N–H and O–H groups in total. The van der Waals surface area contributed by atoms with Gasteiger partial charge in [0.2, 0.25) is 0 Å². The van der Waals surface area contributed by atoms with Crippen molar-refractivity contribution < 1.29 is 4.74 Å². The number of benzene rings is 1. The molecule has 2 heterocycles. The lowest BCUT2D eigenvalue weighted by atomic mass is 10.1. The van der Waals surface area contributed by atoms with E-state index in [0.29, 0.717) is 12.5 Å². The van der Waals surface area contributed by atoms with Crippen LogP contribution in [0.4, 0.5) is 0 Å². The Morgan fingerprint density at radius 3 is 2.77 bits per heavy atom. The molecule has 0 bridgehead atoms.